The van der Waals surface area contributed by atoms with Gasteiger partial charge in [0.1, 0.15) is 12.3 Å². The van der Waals surface area contributed by atoms with E-state index in [0.29, 0.717) is 22.5 Å². The second kappa shape index (κ2) is 9.18. The van der Waals surface area contributed by atoms with E-state index < -0.39 is 0 Å². The van der Waals surface area contributed by atoms with Gasteiger partial charge < -0.3 is 10.5 Å². The fourth-order valence-electron chi connectivity index (χ4n) is 2.72. The van der Waals surface area contributed by atoms with Crippen LogP contribution in [0.2, 0.25) is 10.0 Å². The number of ether oxygens (including phenoxy) is 1. The van der Waals surface area contributed by atoms with Crippen LogP contribution in [0, 0.1) is 0 Å². The van der Waals surface area contributed by atoms with Gasteiger partial charge >= 0.3 is 0 Å². The van der Waals surface area contributed by atoms with Gasteiger partial charge in [0.15, 0.2) is 0 Å². The lowest BCUT2D eigenvalue weighted by atomic mass is 10.0. The van der Waals surface area contributed by atoms with Crippen molar-refractivity contribution >= 4 is 23.2 Å². The molecule has 1 heterocycles. The summed E-state index contributed by atoms with van der Waals surface area (Å²) in [5, 5.41) is 1.34. The monoisotopic (exact) mass is 401 g/mol. The molecule has 3 aromatic rings. The van der Waals surface area contributed by atoms with Crippen LogP contribution in [-0.4, -0.2) is 22.6 Å². The Hall–Kier alpha value is -2.14. The van der Waals surface area contributed by atoms with Gasteiger partial charge in [-0.2, -0.15) is 0 Å². The first kappa shape index (κ1) is 19.6. The minimum atomic E-state index is -0.0216. The first-order valence-electron chi connectivity index (χ1n) is 8.84. The zero-order chi connectivity index (χ0) is 19.2. The fourth-order valence-corrected chi connectivity index (χ4v) is 2.97. The Morgan fingerprint density at radius 2 is 1.48 bits per heavy atom. The summed E-state index contributed by atoms with van der Waals surface area (Å²) in [6, 6.07) is 15.0. The Kier molecular flexibility index (Phi) is 6.67. The predicted molar refractivity (Wildman–Crippen MR) is 111 cm³/mol. The molecule has 3 rings (SSSR count). The van der Waals surface area contributed by atoms with E-state index in [9.17, 15) is 0 Å². The molecule has 0 spiro atoms. The van der Waals surface area contributed by atoms with Crippen LogP contribution in [0.3, 0.4) is 0 Å². The maximum atomic E-state index is 6.03. The molecule has 1 aromatic heterocycles. The van der Waals surface area contributed by atoms with Crippen LogP contribution >= 0.6 is 23.2 Å². The van der Waals surface area contributed by atoms with Gasteiger partial charge in [-0.25, -0.2) is 9.97 Å². The summed E-state index contributed by atoms with van der Waals surface area (Å²) in [6.45, 7) is 2.50. The van der Waals surface area contributed by atoms with Gasteiger partial charge in [-0.15, -0.1) is 0 Å². The third-order valence-electron chi connectivity index (χ3n) is 4.09. The molecule has 0 aliphatic heterocycles. The van der Waals surface area contributed by atoms with Crippen LogP contribution in [0.1, 0.15) is 19.8 Å². The van der Waals surface area contributed by atoms with Gasteiger partial charge in [0.25, 0.3) is 0 Å². The van der Waals surface area contributed by atoms with E-state index in [1.807, 2.05) is 48.5 Å². The van der Waals surface area contributed by atoms with E-state index in [-0.39, 0.29) is 6.04 Å². The van der Waals surface area contributed by atoms with Crippen LogP contribution in [0.25, 0.3) is 22.5 Å². The Bertz CT molecular complexity index is 883. The molecule has 0 fully saturated rings. The number of aromatic nitrogens is 2. The molecule has 2 N–H and O–H groups in total. The van der Waals surface area contributed by atoms with E-state index in [4.69, 9.17) is 33.7 Å². The molecular formula is C21H21Cl2N3O. The van der Waals surface area contributed by atoms with Crippen molar-refractivity contribution in [2.75, 3.05) is 6.61 Å². The van der Waals surface area contributed by atoms with Gasteiger partial charge in [-0.05, 0) is 30.7 Å². The van der Waals surface area contributed by atoms with E-state index in [1.54, 1.807) is 6.20 Å². The van der Waals surface area contributed by atoms with Crippen molar-refractivity contribution in [3.63, 3.8) is 0 Å². The zero-order valence-corrected chi connectivity index (χ0v) is 16.5. The van der Waals surface area contributed by atoms with Gasteiger partial charge in [0.05, 0.1) is 11.9 Å². The lowest BCUT2D eigenvalue weighted by Gasteiger charge is -2.14. The van der Waals surface area contributed by atoms with Crippen molar-refractivity contribution in [3.05, 3.63) is 64.8 Å². The SMILES string of the molecule is CCC[C@H](N)COc1cnc(-c2ccc(Cl)cc2)c(-c2ccc(Cl)cc2)n1. The standard InChI is InChI=1S/C21H21Cl2N3O/c1-2-3-18(24)13-27-19-12-25-20(14-4-8-16(22)9-5-14)21(26-19)15-6-10-17(23)11-7-15/h4-12,18H,2-3,13,24H2,1H3/t18-/m0/s1. The normalized spacial score (nSPS) is 12.0. The summed E-state index contributed by atoms with van der Waals surface area (Å²) >= 11 is 12.0. The van der Waals surface area contributed by atoms with Crippen molar-refractivity contribution in [3.8, 4) is 28.4 Å². The van der Waals surface area contributed by atoms with Crippen LogP contribution in [-0.2, 0) is 0 Å². The first-order valence-corrected chi connectivity index (χ1v) is 9.59. The van der Waals surface area contributed by atoms with Crippen molar-refractivity contribution in [1.29, 1.82) is 0 Å². The highest BCUT2D eigenvalue weighted by Gasteiger charge is 2.14. The van der Waals surface area contributed by atoms with E-state index in [1.165, 1.54) is 0 Å². The molecule has 140 valence electrons. The highest BCUT2D eigenvalue weighted by molar-refractivity contribution is 6.31. The summed E-state index contributed by atoms with van der Waals surface area (Å²) in [4.78, 5) is 9.28. The molecule has 6 heteroatoms. The maximum Gasteiger partial charge on any atom is 0.232 e. The number of nitrogens with two attached hydrogens (primary N) is 1. The smallest absolute Gasteiger partial charge is 0.232 e. The van der Waals surface area contributed by atoms with E-state index >= 15 is 0 Å². The topological polar surface area (TPSA) is 61.0 Å². The number of halogens is 2. The summed E-state index contributed by atoms with van der Waals surface area (Å²) in [5.74, 6) is 0.448. The molecule has 0 bridgehead atoms. The highest BCUT2D eigenvalue weighted by Crippen LogP contribution is 2.31. The van der Waals surface area contributed by atoms with Crippen molar-refractivity contribution in [2.24, 2.45) is 5.73 Å². The molecule has 2 aromatic carbocycles. The quantitative estimate of drug-likeness (QED) is 0.557. The minimum absolute atomic E-state index is 0.0216. The number of nitrogens with zero attached hydrogens (tertiary/aromatic N) is 2. The largest absolute Gasteiger partial charge is 0.475 e. The third kappa shape index (κ3) is 5.19. The zero-order valence-electron chi connectivity index (χ0n) is 15.0. The molecule has 0 aliphatic carbocycles. The second-order valence-electron chi connectivity index (χ2n) is 6.28. The first-order chi connectivity index (χ1) is 13.1. The molecule has 0 saturated heterocycles. The third-order valence-corrected chi connectivity index (χ3v) is 4.59. The number of rotatable bonds is 7. The number of hydrogen-bond donors (Lipinski definition) is 1. The molecule has 0 amide bonds. The Labute approximate surface area is 169 Å². The van der Waals surface area contributed by atoms with Crippen LogP contribution in [0.5, 0.6) is 5.88 Å². The molecule has 0 unspecified atom stereocenters. The second-order valence-corrected chi connectivity index (χ2v) is 7.15. The summed E-state index contributed by atoms with van der Waals surface area (Å²) in [7, 11) is 0. The lowest BCUT2D eigenvalue weighted by molar-refractivity contribution is 0.271. The molecule has 0 aliphatic rings. The van der Waals surface area contributed by atoms with Crippen molar-refractivity contribution in [2.45, 2.75) is 25.8 Å². The average molecular weight is 402 g/mol. The minimum Gasteiger partial charge on any atom is -0.475 e. The Morgan fingerprint density at radius 1 is 0.926 bits per heavy atom. The van der Waals surface area contributed by atoms with Crippen LogP contribution < -0.4 is 10.5 Å². The molecule has 0 saturated carbocycles. The Balaban J connectivity index is 1.97. The van der Waals surface area contributed by atoms with Crippen molar-refractivity contribution in [1.82, 2.24) is 9.97 Å². The van der Waals surface area contributed by atoms with Crippen LogP contribution in [0.15, 0.2) is 54.7 Å². The predicted octanol–water partition coefficient (Wildman–Crippen LogP) is 5.62. The molecular weight excluding hydrogens is 381 g/mol. The fraction of sp³-hybridized carbons (Fsp3) is 0.238. The van der Waals surface area contributed by atoms with Gasteiger partial charge in [0.2, 0.25) is 5.88 Å². The van der Waals surface area contributed by atoms with Gasteiger partial charge in [0, 0.05) is 27.2 Å². The van der Waals surface area contributed by atoms with Crippen molar-refractivity contribution < 1.29 is 4.74 Å². The molecule has 1 atom stereocenters. The summed E-state index contributed by atoms with van der Waals surface area (Å²) in [5.41, 5.74) is 9.33. The van der Waals surface area contributed by atoms with Gasteiger partial charge in [-0.3, -0.25) is 0 Å². The van der Waals surface area contributed by atoms with E-state index in [0.717, 1.165) is 35.4 Å². The molecule has 27 heavy (non-hydrogen) atoms. The van der Waals surface area contributed by atoms with E-state index in [2.05, 4.69) is 16.9 Å². The average Bonchev–Trinajstić information content (AvgIpc) is 2.68. The van der Waals surface area contributed by atoms with Gasteiger partial charge in [-0.1, -0.05) is 60.8 Å². The molecule has 4 nitrogen and oxygen atoms in total. The number of hydrogen-bond acceptors (Lipinski definition) is 4. The highest BCUT2D eigenvalue weighted by atomic mass is 35.5. The van der Waals surface area contributed by atoms with Crippen LogP contribution in [0.4, 0.5) is 0 Å². The maximum absolute atomic E-state index is 6.03. The lowest BCUT2D eigenvalue weighted by Crippen LogP contribution is -2.27. The Morgan fingerprint density at radius 3 is 2.04 bits per heavy atom. The summed E-state index contributed by atoms with van der Waals surface area (Å²) in [6.07, 6.45) is 3.55. The molecule has 0 radical (unpaired) electrons. The number of benzene rings is 2. The summed E-state index contributed by atoms with van der Waals surface area (Å²) < 4.78 is 5.77.